The maximum Gasteiger partial charge on any atom is 0.390 e. The first-order valence-corrected chi connectivity index (χ1v) is 5.65. The van der Waals surface area contributed by atoms with Crippen LogP contribution in [0.2, 0.25) is 0 Å². The van der Waals surface area contributed by atoms with Gasteiger partial charge >= 0.3 is 6.18 Å². The third-order valence-corrected chi connectivity index (χ3v) is 3.70. The molecular formula is C9H8Br2F3N. The van der Waals surface area contributed by atoms with Crippen molar-refractivity contribution >= 4 is 31.9 Å². The molecule has 84 valence electrons. The van der Waals surface area contributed by atoms with E-state index in [1.807, 2.05) is 0 Å². The van der Waals surface area contributed by atoms with Gasteiger partial charge in [-0.3, -0.25) is 0 Å². The first-order chi connectivity index (χ1) is 6.79. The fourth-order valence-corrected chi connectivity index (χ4v) is 1.75. The van der Waals surface area contributed by atoms with Crippen molar-refractivity contribution in [1.82, 2.24) is 0 Å². The van der Waals surface area contributed by atoms with Crippen LogP contribution in [0.15, 0.2) is 27.1 Å². The van der Waals surface area contributed by atoms with E-state index in [1.54, 1.807) is 18.2 Å². The van der Waals surface area contributed by atoms with Crippen LogP contribution >= 0.6 is 31.9 Å². The number of halogens is 5. The number of hydrogen-bond acceptors (Lipinski definition) is 1. The number of nitrogens with two attached hydrogens (primary N) is 1. The van der Waals surface area contributed by atoms with E-state index in [9.17, 15) is 13.2 Å². The summed E-state index contributed by atoms with van der Waals surface area (Å²) in [7, 11) is 0. The van der Waals surface area contributed by atoms with Gasteiger partial charge in [0.1, 0.15) is 0 Å². The van der Waals surface area contributed by atoms with E-state index in [0.29, 0.717) is 10.0 Å². The van der Waals surface area contributed by atoms with Crippen molar-refractivity contribution in [2.75, 3.05) is 0 Å². The Labute approximate surface area is 102 Å². The number of alkyl halides is 3. The van der Waals surface area contributed by atoms with Crippen LogP contribution in [-0.4, -0.2) is 6.18 Å². The van der Waals surface area contributed by atoms with Crippen molar-refractivity contribution in [3.05, 3.63) is 32.7 Å². The summed E-state index contributed by atoms with van der Waals surface area (Å²) in [6.07, 6.45) is -5.25. The molecule has 1 atom stereocenters. The normalized spacial score (nSPS) is 14.0. The fourth-order valence-electron chi connectivity index (χ4n) is 1.11. The van der Waals surface area contributed by atoms with Crippen molar-refractivity contribution in [2.45, 2.75) is 18.6 Å². The molecule has 0 heterocycles. The lowest BCUT2D eigenvalue weighted by Gasteiger charge is -2.14. The Morgan fingerprint density at radius 2 is 1.80 bits per heavy atom. The Balaban J connectivity index is 2.83. The second-order valence-corrected chi connectivity index (χ2v) is 4.81. The fraction of sp³-hybridized carbons (Fsp3) is 0.333. The monoisotopic (exact) mass is 345 g/mol. The predicted molar refractivity (Wildman–Crippen MR) is 59.4 cm³/mol. The van der Waals surface area contributed by atoms with Crippen LogP contribution in [0.5, 0.6) is 0 Å². The molecule has 2 N–H and O–H groups in total. The Morgan fingerprint density at radius 3 is 2.27 bits per heavy atom. The lowest BCUT2D eigenvalue weighted by Crippen LogP contribution is -2.20. The molecule has 0 aliphatic carbocycles. The van der Waals surface area contributed by atoms with Gasteiger partial charge in [0, 0.05) is 15.0 Å². The highest BCUT2D eigenvalue weighted by Crippen LogP contribution is 2.31. The molecule has 0 aromatic heterocycles. The summed E-state index contributed by atoms with van der Waals surface area (Å²) in [6, 6.07) is 3.80. The van der Waals surface area contributed by atoms with Gasteiger partial charge in [0.2, 0.25) is 0 Å². The molecule has 6 heteroatoms. The summed E-state index contributed by atoms with van der Waals surface area (Å²) in [5.74, 6) is 0. The highest BCUT2D eigenvalue weighted by atomic mass is 79.9. The molecule has 0 saturated heterocycles. The highest BCUT2D eigenvalue weighted by Gasteiger charge is 2.30. The molecule has 1 nitrogen and oxygen atoms in total. The highest BCUT2D eigenvalue weighted by molar-refractivity contribution is 9.13. The summed E-state index contributed by atoms with van der Waals surface area (Å²) in [5.41, 5.74) is 5.90. The minimum atomic E-state index is -4.24. The molecule has 0 aliphatic rings. The molecule has 0 aliphatic heterocycles. The van der Waals surface area contributed by atoms with E-state index < -0.39 is 18.6 Å². The Morgan fingerprint density at radius 1 is 1.20 bits per heavy atom. The first-order valence-electron chi connectivity index (χ1n) is 4.07. The number of hydrogen-bond donors (Lipinski definition) is 1. The minimum absolute atomic E-state index is 0.461. The summed E-state index contributed by atoms with van der Waals surface area (Å²) in [6.45, 7) is 0. The van der Waals surface area contributed by atoms with Gasteiger partial charge in [-0.05, 0) is 49.6 Å². The second kappa shape index (κ2) is 4.84. The van der Waals surface area contributed by atoms with Gasteiger partial charge in [0.25, 0.3) is 0 Å². The van der Waals surface area contributed by atoms with Crippen molar-refractivity contribution < 1.29 is 13.2 Å². The molecule has 15 heavy (non-hydrogen) atoms. The predicted octanol–water partition coefficient (Wildman–Crippen LogP) is 4.16. The number of benzene rings is 1. The molecule has 1 aromatic carbocycles. The Bertz CT molecular complexity index is 352. The van der Waals surface area contributed by atoms with E-state index in [0.717, 1.165) is 4.47 Å². The quantitative estimate of drug-likeness (QED) is 0.854. The van der Waals surface area contributed by atoms with Crippen LogP contribution in [0, 0.1) is 0 Å². The Hall–Kier alpha value is -0.0700. The van der Waals surface area contributed by atoms with Crippen LogP contribution in [-0.2, 0) is 0 Å². The molecule has 0 amide bonds. The molecule has 0 saturated carbocycles. The standard InChI is InChI=1S/C9H8Br2F3N/c10-6-2-1-5(3-7(6)11)8(15)4-9(12,13)14/h1-3,8H,4,15H2/t8-/m0/s1. The van der Waals surface area contributed by atoms with E-state index >= 15 is 0 Å². The van der Waals surface area contributed by atoms with Crippen LogP contribution in [0.1, 0.15) is 18.0 Å². The SMILES string of the molecule is N[C@@H](CC(F)(F)F)c1ccc(Br)c(Br)c1. The van der Waals surface area contributed by atoms with Gasteiger partial charge in [-0.1, -0.05) is 6.07 Å². The van der Waals surface area contributed by atoms with Gasteiger partial charge in [0.05, 0.1) is 6.42 Å². The van der Waals surface area contributed by atoms with Gasteiger partial charge < -0.3 is 5.73 Å². The van der Waals surface area contributed by atoms with Crippen LogP contribution in [0.25, 0.3) is 0 Å². The summed E-state index contributed by atoms with van der Waals surface area (Å²) in [4.78, 5) is 0. The Kier molecular flexibility index (Phi) is 4.20. The molecule has 1 aromatic rings. The van der Waals surface area contributed by atoms with E-state index in [2.05, 4.69) is 31.9 Å². The van der Waals surface area contributed by atoms with Gasteiger partial charge in [-0.2, -0.15) is 13.2 Å². The van der Waals surface area contributed by atoms with Gasteiger partial charge in [-0.15, -0.1) is 0 Å². The molecule has 0 unspecified atom stereocenters. The maximum absolute atomic E-state index is 12.1. The zero-order valence-corrected chi connectivity index (χ0v) is 10.7. The molecule has 0 spiro atoms. The van der Waals surface area contributed by atoms with Gasteiger partial charge in [0.15, 0.2) is 0 Å². The lowest BCUT2D eigenvalue weighted by molar-refractivity contribution is -0.138. The largest absolute Gasteiger partial charge is 0.390 e. The minimum Gasteiger partial charge on any atom is -0.324 e. The third-order valence-electron chi connectivity index (χ3n) is 1.82. The van der Waals surface area contributed by atoms with E-state index in [-0.39, 0.29) is 0 Å². The van der Waals surface area contributed by atoms with Gasteiger partial charge in [-0.25, -0.2) is 0 Å². The summed E-state index contributed by atoms with van der Waals surface area (Å²) in [5, 5.41) is 0. The molecule has 0 bridgehead atoms. The smallest absolute Gasteiger partial charge is 0.324 e. The molecular weight excluding hydrogens is 339 g/mol. The average molecular weight is 347 g/mol. The zero-order chi connectivity index (χ0) is 11.6. The topological polar surface area (TPSA) is 26.0 Å². The van der Waals surface area contributed by atoms with Crippen LogP contribution in [0.3, 0.4) is 0 Å². The first kappa shape index (κ1) is 13.0. The zero-order valence-electron chi connectivity index (χ0n) is 7.48. The second-order valence-electron chi connectivity index (χ2n) is 3.10. The van der Waals surface area contributed by atoms with Crippen LogP contribution in [0.4, 0.5) is 13.2 Å². The van der Waals surface area contributed by atoms with Crippen LogP contribution < -0.4 is 5.73 Å². The van der Waals surface area contributed by atoms with Crippen molar-refractivity contribution in [3.63, 3.8) is 0 Å². The van der Waals surface area contributed by atoms with E-state index in [1.165, 1.54) is 0 Å². The molecule has 1 rings (SSSR count). The lowest BCUT2D eigenvalue weighted by atomic mass is 10.1. The maximum atomic E-state index is 12.1. The summed E-state index contributed by atoms with van der Waals surface area (Å²) < 4.78 is 37.7. The molecule has 0 radical (unpaired) electrons. The number of rotatable bonds is 2. The van der Waals surface area contributed by atoms with Crippen molar-refractivity contribution in [3.8, 4) is 0 Å². The van der Waals surface area contributed by atoms with Crippen molar-refractivity contribution in [2.24, 2.45) is 5.73 Å². The average Bonchev–Trinajstić information content (AvgIpc) is 2.06. The van der Waals surface area contributed by atoms with E-state index in [4.69, 9.17) is 5.73 Å². The van der Waals surface area contributed by atoms with Crippen molar-refractivity contribution in [1.29, 1.82) is 0 Å². The third kappa shape index (κ3) is 4.12. The molecule has 0 fully saturated rings. The summed E-state index contributed by atoms with van der Waals surface area (Å²) >= 11 is 6.44.